The van der Waals surface area contributed by atoms with E-state index >= 15 is 0 Å². The maximum Gasteiger partial charge on any atom is 0.281 e. The van der Waals surface area contributed by atoms with Gasteiger partial charge in [0.25, 0.3) is 5.56 Å². The second-order valence-corrected chi connectivity index (χ2v) is 9.23. The van der Waals surface area contributed by atoms with Crippen LogP contribution < -0.4 is 11.4 Å². The van der Waals surface area contributed by atoms with Gasteiger partial charge in [-0.25, -0.2) is 9.66 Å². The van der Waals surface area contributed by atoms with E-state index in [0.29, 0.717) is 31.9 Å². The summed E-state index contributed by atoms with van der Waals surface area (Å²) in [5.41, 5.74) is 1.33. The van der Waals surface area contributed by atoms with Crippen molar-refractivity contribution < 1.29 is 4.79 Å². The highest BCUT2D eigenvalue weighted by molar-refractivity contribution is 7.99. The summed E-state index contributed by atoms with van der Waals surface area (Å²) in [7, 11) is 0. The van der Waals surface area contributed by atoms with E-state index in [1.165, 1.54) is 4.88 Å². The van der Waals surface area contributed by atoms with E-state index in [1.807, 2.05) is 0 Å². The fraction of sp³-hybridized carbons (Fsp3) is 0.316. The van der Waals surface area contributed by atoms with Gasteiger partial charge in [0.1, 0.15) is 4.83 Å². The molecule has 5 nitrogen and oxygen atoms in total. The van der Waals surface area contributed by atoms with Crippen LogP contribution in [0, 0.1) is 5.92 Å². The first kappa shape index (κ1) is 18.5. The lowest BCUT2D eigenvalue weighted by molar-refractivity contribution is 0.102. The zero-order valence-electron chi connectivity index (χ0n) is 14.7. The second-order valence-electron chi connectivity index (χ2n) is 6.79. The molecule has 2 aromatic heterocycles. The van der Waals surface area contributed by atoms with Crippen LogP contribution in [0.1, 0.15) is 34.1 Å². The summed E-state index contributed by atoms with van der Waals surface area (Å²) in [6.45, 7) is 2.23. The Bertz CT molecular complexity index is 1110. The minimum absolute atomic E-state index is 0.112. The molecule has 0 bridgehead atoms. The number of Topliss-reactive ketones (excluding diaryl/α,β-unsaturated/α-hetero) is 1. The van der Waals surface area contributed by atoms with Crippen LogP contribution in [0.15, 0.2) is 34.2 Å². The predicted molar refractivity (Wildman–Crippen MR) is 112 cm³/mol. The number of carbonyl (C=O) groups excluding carboxylic acids is 1. The van der Waals surface area contributed by atoms with Crippen LogP contribution in [0.3, 0.4) is 0 Å². The molecule has 0 aliphatic heterocycles. The molecule has 0 saturated heterocycles. The van der Waals surface area contributed by atoms with Gasteiger partial charge in [0.15, 0.2) is 10.9 Å². The Morgan fingerprint density at radius 2 is 2.22 bits per heavy atom. The summed E-state index contributed by atoms with van der Waals surface area (Å²) in [4.78, 5) is 31.8. The Labute approximate surface area is 169 Å². The molecule has 27 heavy (non-hydrogen) atoms. The number of thiophene rings is 1. The molecule has 140 valence electrons. The van der Waals surface area contributed by atoms with E-state index in [9.17, 15) is 9.59 Å². The van der Waals surface area contributed by atoms with Crippen molar-refractivity contribution in [2.24, 2.45) is 5.92 Å². The molecule has 4 rings (SSSR count). The van der Waals surface area contributed by atoms with Crippen molar-refractivity contribution >= 4 is 50.7 Å². The standard InChI is InChI=1S/C19H18ClN3O2S2/c1-10-6-7-12-15(8-10)27-17-16(12)18(25)23(21)19(22-17)26-9-14(24)11-4-2-3-5-13(11)20/h2-5,10H,6-9,21H2,1H3/t10-/m0/s1. The average Bonchev–Trinajstić information content (AvgIpc) is 3.00. The van der Waals surface area contributed by atoms with Crippen LogP contribution in [0.4, 0.5) is 0 Å². The number of halogens is 1. The normalized spacial score (nSPS) is 16.4. The third kappa shape index (κ3) is 3.39. The highest BCUT2D eigenvalue weighted by atomic mass is 35.5. The zero-order chi connectivity index (χ0) is 19.1. The largest absolute Gasteiger partial charge is 0.334 e. The van der Waals surface area contributed by atoms with Crippen LogP contribution in [0.2, 0.25) is 5.02 Å². The fourth-order valence-electron chi connectivity index (χ4n) is 3.38. The second kappa shape index (κ2) is 7.30. The summed E-state index contributed by atoms with van der Waals surface area (Å²) in [6, 6.07) is 6.91. The number of thioether (sulfide) groups is 1. The van der Waals surface area contributed by atoms with Crippen LogP contribution in [-0.4, -0.2) is 21.2 Å². The van der Waals surface area contributed by atoms with Crippen molar-refractivity contribution in [1.29, 1.82) is 0 Å². The topological polar surface area (TPSA) is 78.0 Å². The number of nitrogens with two attached hydrogens (primary N) is 1. The number of hydrogen-bond acceptors (Lipinski definition) is 6. The Kier molecular flexibility index (Phi) is 5.01. The van der Waals surface area contributed by atoms with Gasteiger partial charge in [0, 0.05) is 10.4 Å². The minimum Gasteiger partial charge on any atom is -0.334 e. The van der Waals surface area contributed by atoms with Gasteiger partial charge >= 0.3 is 0 Å². The van der Waals surface area contributed by atoms with Gasteiger partial charge in [0.2, 0.25) is 0 Å². The van der Waals surface area contributed by atoms with Crippen molar-refractivity contribution in [1.82, 2.24) is 9.66 Å². The molecule has 0 unspecified atom stereocenters. The first-order valence-electron chi connectivity index (χ1n) is 8.68. The van der Waals surface area contributed by atoms with Crippen LogP contribution in [0.25, 0.3) is 10.2 Å². The summed E-state index contributed by atoms with van der Waals surface area (Å²) >= 11 is 8.82. The molecule has 0 fully saturated rings. The van der Waals surface area contributed by atoms with Crippen molar-refractivity contribution in [2.75, 3.05) is 11.6 Å². The number of nitrogen functional groups attached to an aromatic ring is 1. The number of aromatic nitrogens is 2. The Morgan fingerprint density at radius 3 is 3.00 bits per heavy atom. The van der Waals surface area contributed by atoms with Gasteiger partial charge in [-0.1, -0.05) is 42.4 Å². The molecular weight excluding hydrogens is 402 g/mol. The van der Waals surface area contributed by atoms with Crippen LogP contribution in [0.5, 0.6) is 0 Å². The maximum absolute atomic E-state index is 12.8. The molecule has 0 spiro atoms. The average molecular weight is 420 g/mol. The van der Waals surface area contributed by atoms with Crippen molar-refractivity contribution in [3.05, 3.63) is 55.6 Å². The molecule has 8 heteroatoms. The van der Waals surface area contributed by atoms with Gasteiger partial charge in [-0.2, -0.15) is 0 Å². The summed E-state index contributed by atoms with van der Waals surface area (Å²) in [6.07, 6.45) is 2.95. The van der Waals surface area contributed by atoms with E-state index < -0.39 is 0 Å². The lowest BCUT2D eigenvalue weighted by Gasteiger charge is -2.17. The van der Waals surface area contributed by atoms with Gasteiger partial charge in [-0.05, 0) is 42.9 Å². The molecule has 1 aliphatic carbocycles. The molecule has 0 saturated carbocycles. The molecular formula is C19H18ClN3O2S2. The van der Waals surface area contributed by atoms with Gasteiger partial charge in [0.05, 0.1) is 16.2 Å². The Balaban J connectivity index is 1.65. The molecule has 2 N–H and O–H groups in total. The Hall–Kier alpha value is -1.83. The number of carbonyl (C=O) groups is 1. The van der Waals surface area contributed by atoms with E-state index in [1.54, 1.807) is 35.6 Å². The quantitative estimate of drug-likeness (QED) is 0.300. The van der Waals surface area contributed by atoms with E-state index in [0.717, 1.165) is 41.3 Å². The van der Waals surface area contributed by atoms with Gasteiger partial charge in [-0.15, -0.1) is 11.3 Å². The van der Waals surface area contributed by atoms with Crippen molar-refractivity contribution in [3.8, 4) is 0 Å². The van der Waals surface area contributed by atoms with E-state index in [-0.39, 0.29) is 17.1 Å². The monoisotopic (exact) mass is 419 g/mol. The number of rotatable bonds is 4. The van der Waals surface area contributed by atoms with Gasteiger partial charge < -0.3 is 5.84 Å². The molecule has 2 heterocycles. The molecule has 3 aromatic rings. The molecule has 1 aromatic carbocycles. The number of benzene rings is 1. The Morgan fingerprint density at radius 1 is 1.44 bits per heavy atom. The van der Waals surface area contributed by atoms with Crippen molar-refractivity contribution in [3.63, 3.8) is 0 Å². The third-order valence-electron chi connectivity index (χ3n) is 4.84. The first-order chi connectivity index (χ1) is 13.0. The summed E-state index contributed by atoms with van der Waals surface area (Å²) < 4.78 is 1.07. The van der Waals surface area contributed by atoms with E-state index in [2.05, 4.69) is 11.9 Å². The highest BCUT2D eigenvalue weighted by Gasteiger charge is 2.24. The summed E-state index contributed by atoms with van der Waals surface area (Å²) in [5.74, 6) is 6.62. The lowest BCUT2D eigenvalue weighted by Crippen LogP contribution is -2.30. The summed E-state index contributed by atoms with van der Waals surface area (Å²) in [5, 5.41) is 1.41. The maximum atomic E-state index is 12.8. The SMILES string of the molecule is C[C@H]1CCc2c(sc3nc(SCC(=O)c4ccccc4Cl)n(N)c(=O)c23)C1. The van der Waals surface area contributed by atoms with Crippen LogP contribution >= 0.6 is 34.7 Å². The first-order valence-corrected chi connectivity index (χ1v) is 10.9. The zero-order valence-corrected chi connectivity index (χ0v) is 17.1. The molecule has 0 amide bonds. The number of hydrogen-bond donors (Lipinski definition) is 1. The third-order valence-corrected chi connectivity index (χ3v) is 7.27. The molecule has 1 aliphatic rings. The number of nitrogens with zero attached hydrogens (tertiary/aromatic N) is 2. The minimum atomic E-state index is -0.236. The number of aryl methyl sites for hydroxylation is 1. The van der Waals surface area contributed by atoms with Crippen molar-refractivity contribution in [2.45, 2.75) is 31.3 Å². The van der Waals surface area contributed by atoms with Gasteiger partial charge in [-0.3, -0.25) is 9.59 Å². The smallest absolute Gasteiger partial charge is 0.281 e. The predicted octanol–water partition coefficient (Wildman–Crippen LogP) is 3.93. The fourth-order valence-corrected chi connectivity index (χ4v) is 5.85. The molecule has 1 atom stereocenters. The number of ketones is 1. The molecule has 0 radical (unpaired) electrons. The van der Waals surface area contributed by atoms with Crippen LogP contribution in [-0.2, 0) is 12.8 Å². The number of fused-ring (bicyclic) bond motifs is 3. The highest BCUT2D eigenvalue weighted by Crippen LogP contribution is 2.36. The lowest BCUT2D eigenvalue weighted by atomic mass is 9.89. The van der Waals surface area contributed by atoms with E-state index in [4.69, 9.17) is 17.4 Å².